The van der Waals surface area contributed by atoms with E-state index in [1.165, 1.54) is 12.1 Å². The number of hydrogen-bond acceptors (Lipinski definition) is 5. The maximum absolute atomic E-state index is 13.3. The molecule has 0 atom stereocenters. The van der Waals surface area contributed by atoms with Gasteiger partial charge in [0.15, 0.2) is 0 Å². The van der Waals surface area contributed by atoms with Crippen LogP contribution < -0.4 is 10.2 Å². The Hall–Kier alpha value is -4.74. The van der Waals surface area contributed by atoms with Gasteiger partial charge in [0.2, 0.25) is 0 Å². The Labute approximate surface area is 233 Å². The van der Waals surface area contributed by atoms with Crippen molar-refractivity contribution in [2.75, 3.05) is 37.6 Å². The summed E-state index contributed by atoms with van der Waals surface area (Å²) in [5.41, 5.74) is 4.62. The van der Waals surface area contributed by atoms with Crippen molar-refractivity contribution < 1.29 is 14.0 Å². The largest absolute Gasteiger partial charge is 0.348 e. The maximum atomic E-state index is 13.3. The van der Waals surface area contributed by atoms with Crippen molar-refractivity contribution in [2.45, 2.75) is 13.1 Å². The van der Waals surface area contributed by atoms with Gasteiger partial charge in [-0.25, -0.2) is 4.39 Å². The van der Waals surface area contributed by atoms with Gasteiger partial charge in [-0.1, -0.05) is 36.4 Å². The van der Waals surface area contributed by atoms with Gasteiger partial charge in [0.25, 0.3) is 11.8 Å². The van der Waals surface area contributed by atoms with Gasteiger partial charge in [0.1, 0.15) is 5.82 Å². The molecule has 202 valence electrons. The number of anilines is 1. The van der Waals surface area contributed by atoms with E-state index in [-0.39, 0.29) is 17.6 Å². The van der Waals surface area contributed by atoms with Gasteiger partial charge < -0.3 is 15.1 Å². The van der Waals surface area contributed by atoms with E-state index in [1.807, 2.05) is 52.4 Å². The van der Waals surface area contributed by atoms with Gasteiger partial charge in [-0.05, 0) is 59.7 Å². The van der Waals surface area contributed by atoms with E-state index in [2.05, 4.69) is 16.3 Å². The number of halogens is 1. The lowest BCUT2D eigenvalue weighted by Gasteiger charge is -2.35. The molecule has 7 nitrogen and oxygen atoms in total. The molecule has 1 fully saturated rings. The highest BCUT2D eigenvalue weighted by molar-refractivity contribution is 5.97. The highest BCUT2D eigenvalue weighted by atomic mass is 19.1. The van der Waals surface area contributed by atoms with Gasteiger partial charge in [-0.3, -0.25) is 14.5 Å². The molecule has 2 aliphatic heterocycles. The van der Waals surface area contributed by atoms with Crippen molar-refractivity contribution in [3.05, 3.63) is 125 Å². The van der Waals surface area contributed by atoms with E-state index < -0.39 is 0 Å². The third-order valence-electron chi connectivity index (χ3n) is 7.12. The first-order valence-corrected chi connectivity index (χ1v) is 13.3. The van der Waals surface area contributed by atoms with Gasteiger partial charge in [0, 0.05) is 63.3 Å². The van der Waals surface area contributed by atoms with E-state index in [0.717, 1.165) is 36.4 Å². The van der Waals surface area contributed by atoms with Crippen LogP contribution in [0.25, 0.3) is 0 Å². The van der Waals surface area contributed by atoms with Crippen LogP contribution in [0, 0.1) is 17.1 Å². The summed E-state index contributed by atoms with van der Waals surface area (Å²) in [5, 5.41) is 11.8. The minimum Gasteiger partial charge on any atom is -0.348 e. The minimum absolute atomic E-state index is 0.00110. The summed E-state index contributed by atoms with van der Waals surface area (Å²) in [6, 6.07) is 23.0. The number of carbonyl (C=O) groups is 2. The summed E-state index contributed by atoms with van der Waals surface area (Å²) in [5.74, 6) is -0.417. The SMILES string of the molecule is N#Cc1ccc(CNC(=O)c2ccc(N3C=C(C(=O)N4CCN(Cc5ccc(F)cc5)CC4)C=CC3)cc2)cc1. The average Bonchev–Trinajstić information content (AvgIpc) is 3.01. The quantitative estimate of drug-likeness (QED) is 0.490. The summed E-state index contributed by atoms with van der Waals surface area (Å²) in [6.45, 7) is 4.54. The van der Waals surface area contributed by atoms with Crippen molar-refractivity contribution in [3.63, 3.8) is 0 Å². The van der Waals surface area contributed by atoms with Gasteiger partial charge in [0.05, 0.1) is 17.2 Å². The summed E-state index contributed by atoms with van der Waals surface area (Å²) in [4.78, 5) is 32.0. The zero-order valence-electron chi connectivity index (χ0n) is 22.1. The van der Waals surface area contributed by atoms with Crippen LogP contribution in [0.5, 0.6) is 0 Å². The first-order valence-electron chi connectivity index (χ1n) is 13.3. The molecule has 1 saturated heterocycles. The lowest BCUT2D eigenvalue weighted by molar-refractivity contribution is -0.128. The number of carbonyl (C=O) groups excluding carboxylic acids is 2. The zero-order valence-corrected chi connectivity index (χ0v) is 22.1. The van der Waals surface area contributed by atoms with Crippen molar-refractivity contribution >= 4 is 17.5 Å². The number of benzene rings is 3. The fraction of sp³-hybridized carbons (Fsp3) is 0.219. The van der Waals surface area contributed by atoms with Crippen LogP contribution in [0.1, 0.15) is 27.0 Å². The number of piperazine rings is 1. The lowest BCUT2D eigenvalue weighted by Crippen LogP contribution is -2.48. The molecule has 3 aromatic carbocycles. The van der Waals surface area contributed by atoms with Crippen LogP contribution in [0.2, 0.25) is 0 Å². The molecule has 2 aliphatic rings. The maximum Gasteiger partial charge on any atom is 0.255 e. The van der Waals surface area contributed by atoms with Crippen molar-refractivity contribution in [2.24, 2.45) is 0 Å². The zero-order chi connectivity index (χ0) is 27.9. The fourth-order valence-electron chi connectivity index (χ4n) is 4.79. The fourth-order valence-corrected chi connectivity index (χ4v) is 4.79. The van der Waals surface area contributed by atoms with E-state index in [0.29, 0.717) is 42.9 Å². The molecule has 0 aromatic heterocycles. The topological polar surface area (TPSA) is 79.7 Å². The Bertz CT molecular complexity index is 1450. The van der Waals surface area contributed by atoms with Crippen LogP contribution in [0.15, 0.2) is 96.7 Å². The summed E-state index contributed by atoms with van der Waals surface area (Å²) >= 11 is 0. The second-order valence-corrected chi connectivity index (χ2v) is 9.87. The van der Waals surface area contributed by atoms with Gasteiger partial charge in [-0.2, -0.15) is 5.26 Å². The Kier molecular flexibility index (Phi) is 8.33. The molecule has 5 rings (SSSR count). The Morgan fingerprint density at radius 1 is 0.875 bits per heavy atom. The standard InChI is InChI=1S/C32H30FN5O2/c33-29-11-7-26(8-12-29)22-36-16-18-37(19-17-36)32(40)28-2-1-15-38(23-28)30-13-9-27(10-14-30)31(39)35-21-25-5-3-24(20-34)4-6-25/h1-14,23H,15-19,21-22H2,(H,35,39). The van der Waals surface area contributed by atoms with E-state index in [1.54, 1.807) is 36.4 Å². The van der Waals surface area contributed by atoms with Crippen LogP contribution in [0.3, 0.4) is 0 Å². The van der Waals surface area contributed by atoms with Crippen LogP contribution >= 0.6 is 0 Å². The highest BCUT2D eigenvalue weighted by Crippen LogP contribution is 2.21. The van der Waals surface area contributed by atoms with E-state index in [9.17, 15) is 14.0 Å². The van der Waals surface area contributed by atoms with Crippen LogP contribution in [-0.4, -0.2) is 54.3 Å². The van der Waals surface area contributed by atoms with E-state index in [4.69, 9.17) is 5.26 Å². The molecular weight excluding hydrogens is 505 g/mol. The summed E-state index contributed by atoms with van der Waals surface area (Å²) < 4.78 is 13.2. The average molecular weight is 536 g/mol. The van der Waals surface area contributed by atoms with Crippen molar-refractivity contribution in [1.29, 1.82) is 5.26 Å². The van der Waals surface area contributed by atoms with Crippen LogP contribution in [-0.2, 0) is 17.9 Å². The van der Waals surface area contributed by atoms with Crippen molar-refractivity contribution in [1.82, 2.24) is 15.1 Å². The lowest BCUT2D eigenvalue weighted by atomic mass is 10.1. The van der Waals surface area contributed by atoms with Crippen LogP contribution in [0.4, 0.5) is 10.1 Å². The molecule has 0 radical (unpaired) electrons. The third kappa shape index (κ3) is 6.63. The highest BCUT2D eigenvalue weighted by Gasteiger charge is 2.24. The predicted octanol–water partition coefficient (Wildman–Crippen LogP) is 4.23. The molecule has 3 aromatic rings. The minimum atomic E-state index is -0.237. The third-order valence-corrected chi connectivity index (χ3v) is 7.12. The Morgan fingerprint density at radius 3 is 2.23 bits per heavy atom. The monoisotopic (exact) mass is 535 g/mol. The molecular formula is C32H30FN5O2. The van der Waals surface area contributed by atoms with Gasteiger partial charge in [-0.15, -0.1) is 0 Å². The molecule has 0 unspecified atom stereocenters. The number of hydrogen-bond donors (Lipinski definition) is 1. The molecule has 0 aliphatic carbocycles. The number of amides is 2. The summed E-state index contributed by atoms with van der Waals surface area (Å²) in [7, 11) is 0. The molecule has 0 bridgehead atoms. The second kappa shape index (κ2) is 12.4. The number of nitrogens with zero attached hydrogens (tertiary/aromatic N) is 4. The normalized spacial score (nSPS) is 15.3. The Morgan fingerprint density at radius 2 is 1.55 bits per heavy atom. The first-order chi connectivity index (χ1) is 19.5. The molecule has 2 amide bonds. The number of nitriles is 1. The molecule has 1 N–H and O–H groups in total. The molecule has 0 spiro atoms. The number of rotatable bonds is 7. The van der Waals surface area contributed by atoms with E-state index >= 15 is 0 Å². The molecule has 40 heavy (non-hydrogen) atoms. The van der Waals surface area contributed by atoms with Crippen molar-refractivity contribution in [3.8, 4) is 6.07 Å². The summed E-state index contributed by atoms with van der Waals surface area (Å²) in [6.07, 6.45) is 5.71. The smallest absolute Gasteiger partial charge is 0.255 e. The Balaban J connectivity index is 1.14. The first kappa shape index (κ1) is 26.9. The number of nitrogens with one attached hydrogen (secondary N) is 1. The second-order valence-electron chi connectivity index (χ2n) is 9.87. The predicted molar refractivity (Wildman–Crippen MR) is 152 cm³/mol. The molecule has 8 heteroatoms. The molecule has 2 heterocycles. The van der Waals surface area contributed by atoms with Gasteiger partial charge >= 0.3 is 0 Å². The molecule has 0 saturated carbocycles.